The SMILES string of the molecule is COC(=O)C(C)(C)CN1CCN(c2ncccc2N)CC1. The lowest BCUT2D eigenvalue weighted by Gasteiger charge is -2.38. The monoisotopic (exact) mass is 292 g/mol. The second-order valence-corrected chi connectivity index (χ2v) is 6.05. The molecule has 1 fully saturated rings. The van der Waals surface area contributed by atoms with Crippen LogP contribution in [0.5, 0.6) is 0 Å². The van der Waals surface area contributed by atoms with E-state index in [1.807, 2.05) is 26.0 Å². The number of carbonyl (C=O) groups is 1. The highest BCUT2D eigenvalue weighted by molar-refractivity contribution is 5.76. The summed E-state index contributed by atoms with van der Waals surface area (Å²) in [5, 5.41) is 0. The third-order valence-electron chi connectivity index (χ3n) is 3.85. The molecule has 0 aliphatic carbocycles. The molecule has 116 valence electrons. The van der Waals surface area contributed by atoms with Crippen LogP contribution in [0.25, 0.3) is 0 Å². The topological polar surface area (TPSA) is 71.7 Å². The van der Waals surface area contributed by atoms with Crippen LogP contribution < -0.4 is 10.6 Å². The number of nitrogen functional groups attached to an aromatic ring is 1. The third kappa shape index (κ3) is 3.64. The number of piperazine rings is 1. The Morgan fingerprint density at radius 3 is 2.62 bits per heavy atom. The molecule has 2 heterocycles. The maximum Gasteiger partial charge on any atom is 0.312 e. The summed E-state index contributed by atoms with van der Waals surface area (Å²) in [4.78, 5) is 20.6. The van der Waals surface area contributed by atoms with E-state index in [2.05, 4.69) is 14.8 Å². The minimum absolute atomic E-state index is 0.168. The molecule has 0 saturated carbocycles. The van der Waals surface area contributed by atoms with E-state index in [4.69, 9.17) is 10.5 Å². The van der Waals surface area contributed by atoms with E-state index in [0.29, 0.717) is 12.2 Å². The molecule has 1 aliphatic heterocycles. The minimum atomic E-state index is -0.485. The molecule has 1 aliphatic rings. The fourth-order valence-electron chi connectivity index (χ4n) is 2.69. The number of nitrogens with two attached hydrogens (primary N) is 1. The van der Waals surface area contributed by atoms with Gasteiger partial charge in [-0.25, -0.2) is 4.98 Å². The van der Waals surface area contributed by atoms with Crippen LogP contribution in [0.3, 0.4) is 0 Å². The zero-order valence-corrected chi connectivity index (χ0v) is 13.0. The van der Waals surface area contributed by atoms with Crippen molar-refractivity contribution in [1.82, 2.24) is 9.88 Å². The van der Waals surface area contributed by atoms with Crippen LogP contribution in [0, 0.1) is 5.41 Å². The van der Waals surface area contributed by atoms with Crippen molar-refractivity contribution in [2.24, 2.45) is 5.41 Å². The summed E-state index contributed by atoms with van der Waals surface area (Å²) in [6.45, 7) is 8.03. The molecular formula is C15H24N4O2. The minimum Gasteiger partial charge on any atom is -0.469 e. The standard InChI is InChI=1S/C15H24N4O2/c1-15(2,14(20)21-3)11-18-7-9-19(10-8-18)13-12(16)5-4-6-17-13/h4-6H,7-11,16H2,1-3H3. The number of hydrogen-bond donors (Lipinski definition) is 1. The molecule has 1 saturated heterocycles. The van der Waals surface area contributed by atoms with Gasteiger partial charge in [-0.2, -0.15) is 0 Å². The van der Waals surface area contributed by atoms with Crippen molar-refractivity contribution in [3.05, 3.63) is 18.3 Å². The Kier molecular flexibility index (Phi) is 4.67. The van der Waals surface area contributed by atoms with Crippen LogP contribution in [-0.2, 0) is 9.53 Å². The maximum atomic E-state index is 11.8. The molecule has 6 nitrogen and oxygen atoms in total. The van der Waals surface area contributed by atoms with Gasteiger partial charge in [0, 0.05) is 38.9 Å². The molecule has 2 rings (SSSR count). The van der Waals surface area contributed by atoms with Gasteiger partial charge in [0.2, 0.25) is 0 Å². The van der Waals surface area contributed by atoms with E-state index < -0.39 is 5.41 Å². The number of anilines is 2. The summed E-state index contributed by atoms with van der Waals surface area (Å²) in [7, 11) is 1.44. The van der Waals surface area contributed by atoms with E-state index >= 15 is 0 Å². The van der Waals surface area contributed by atoms with Gasteiger partial charge in [0.1, 0.15) is 0 Å². The van der Waals surface area contributed by atoms with Crippen LogP contribution >= 0.6 is 0 Å². The second kappa shape index (κ2) is 6.30. The molecule has 0 atom stereocenters. The largest absolute Gasteiger partial charge is 0.469 e. The van der Waals surface area contributed by atoms with Gasteiger partial charge < -0.3 is 15.4 Å². The molecule has 21 heavy (non-hydrogen) atoms. The first-order chi connectivity index (χ1) is 9.94. The van der Waals surface area contributed by atoms with Crippen LogP contribution in [0.4, 0.5) is 11.5 Å². The lowest BCUT2D eigenvalue weighted by atomic mass is 9.92. The first-order valence-electron chi connectivity index (χ1n) is 7.20. The third-order valence-corrected chi connectivity index (χ3v) is 3.85. The van der Waals surface area contributed by atoms with Crippen molar-refractivity contribution in [1.29, 1.82) is 0 Å². The van der Waals surface area contributed by atoms with E-state index in [1.54, 1.807) is 6.20 Å². The highest BCUT2D eigenvalue weighted by Gasteiger charge is 2.32. The Bertz CT molecular complexity index is 496. The Balaban J connectivity index is 1.92. The maximum absolute atomic E-state index is 11.8. The molecule has 6 heteroatoms. The fourth-order valence-corrected chi connectivity index (χ4v) is 2.69. The van der Waals surface area contributed by atoms with Crippen LogP contribution in [-0.4, -0.2) is 55.7 Å². The molecule has 0 amide bonds. The number of pyridine rings is 1. The van der Waals surface area contributed by atoms with Gasteiger partial charge in [0.05, 0.1) is 18.2 Å². The van der Waals surface area contributed by atoms with Crippen LogP contribution in [0.15, 0.2) is 18.3 Å². The van der Waals surface area contributed by atoms with Gasteiger partial charge >= 0.3 is 5.97 Å². The molecule has 1 aromatic heterocycles. The number of rotatable bonds is 4. The van der Waals surface area contributed by atoms with Crippen LogP contribution in [0.1, 0.15) is 13.8 Å². The van der Waals surface area contributed by atoms with Gasteiger partial charge in [0.15, 0.2) is 5.82 Å². The Labute approximate surface area is 125 Å². The first-order valence-corrected chi connectivity index (χ1v) is 7.20. The number of esters is 1. The number of aromatic nitrogens is 1. The molecule has 2 N–H and O–H groups in total. The number of hydrogen-bond acceptors (Lipinski definition) is 6. The van der Waals surface area contributed by atoms with Gasteiger partial charge in [0.25, 0.3) is 0 Å². The Hall–Kier alpha value is -1.82. The summed E-state index contributed by atoms with van der Waals surface area (Å²) in [5.41, 5.74) is 6.19. The van der Waals surface area contributed by atoms with E-state index in [-0.39, 0.29) is 5.97 Å². The average Bonchev–Trinajstić information content (AvgIpc) is 2.47. The zero-order valence-electron chi connectivity index (χ0n) is 13.0. The number of nitrogens with zero attached hydrogens (tertiary/aromatic N) is 3. The predicted molar refractivity (Wildman–Crippen MR) is 83.1 cm³/mol. The van der Waals surface area contributed by atoms with Gasteiger partial charge in [-0.15, -0.1) is 0 Å². The zero-order chi connectivity index (χ0) is 15.5. The summed E-state index contributed by atoms with van der Waals surface area (Å²) < 4.78 is 4.86. The smallest absolute Gasteiger partial charge is 0.312 e. The van der Waals surface area contributed by atoms with Crippen molar-refractivity contribution < 1.29 is 9.53 Å². The summed E-state index contributed by atoms with van der Waals surface area (Å²) in [6.07, 6.45) is 1.76. The van der Waals surface area contributed by atoms with Gasteiger partial charge in [-0.3, -0.25) is 9.69 Å². The van der Waals surface area contributed by atoms with Crippen LogP contribution in [0.2, 0.25) is 0 Å². The van der Waals surface area contributed by atoms with E-state index in [1.165, 1.54) is 7.11 Å². The van der Waals surface area contributed by atoms with E-state index in [9.17, 15) is 4.79 Å². The summed E-state index contributed by atoms with van der Waals surface area (Å²) in [5.74, 6) is 0.684. The molecule has 0 spiro atoms. The van der Waals surface area contributed by atoms with Crippen molar-refractivity contribution in [2.45, 2.75) is 13.8 Å². The van der Waals surface area contributed by atoms with Crippen molar-refractivity contribution >= 4 is 17.5 Å². The summed E-state index contributed by atoms with van der Waals surface area (Å²) >= 11 is 0. The average molecular weight is 292 g/mol. The molecular weight excluding hydrogens is 268 g/mol. The van der Waals surface area contributed by atoms with Gasteiger partial charge in [-0.1, -0.05) is 0 Å². The number of ether oxygens (including phenoxy) is 1. The molecule has 0 unspecified atom stereocenters. The highest BCUT2D eigenvalue weighted by atomic mass is 16.5. The van der Waals surface area contributed by atoms with Gasteiger partial charge in [-0.05, 0) is 26.0 Å². The molecule has 0 aromatic carbocycles. The Morgan fingerprint density at radius 2 is 2.05 bits per heavy atom. The summed E-state index contributed by atoms with van der Waals surface area (Å²) in [6, 6.07) is 3.71. The lowest BCUT2D eigenvalue weighted by Crippen LogP contribution is -2.50. The predicted octanol–water partition coefficient (Wildman–Crippen LogP) is 0.985. The normalized spacial score (nSPS) is 16.8. The lowest BCUT2D eigenvalue weighted by molar-refractivity contribution is -0.151. The van der Waals surface area contributed by atoms with E-state index in [0.717, 1.165) is 32.0 Å². The quantitative estimate of drug-likeness (QED) is 0.834. The second-order valence-electron chi connectivity index (χ2n) is 6.05. The molecule has 1 aromatic rings. The van der Waals surface area contributed by atoms with Crippen molar-refractivity contribution in [3.63, 3.8) is 0 Å². The van der Waals surface area contributed by atoms with Crippen molar-refractivity contribution in [2.75, 3.05) is 50.5 Å². The highest BCUT2D eigenvalue weighted by Crippen LogP contribution is 2.23. The van der Waals surface area contributed by atoms with Crippen molar-refractivity contribution in [3.8, 4) is 0 Å². The number of methoxy groups -OCH3 is 1. The fraction of sp³-hybridized carbons (Fsp3) is 0.600. The first kappa shape index (κ1) is 15.6. The number of carbonyl (C=O) groups excluding carboxylic acids is 1. The molecule has 0 bridgehead atoms. The molecule has 0 radical (unpaired) electrons. The Morgan fingerprint density at radius 1 is 1.38 bits per heavy atom.